The number of aliphatic carboxylic acids is 1. The maximum atomic E-state index is 11.6. The number of carbonyl (C=O) groups is 1. The van der Waals surface area contributed by atoms with Crippen LogP contribution in [0.5, 0.6) is 0 Å². The number of sulfone groups is 1. The zero-order valence-corrected chi connectivity index (χ0v) is 13.3. The summed E-state index contributed by atoms with van der Waals surface area (Å²) < 4.78 is 23.2. The molecule has 1 heterocycles. The Hall–Kier alpha value is -1.11. The predicted octanol–water partition coefficient (Wildman–Crippen LogP) is 1.72. The summed E-state index contributed by atoms with van der Waals surface area (Å²) in [5.74, 6) is -0.832. The number of nitrogens with zero attached hydrogens (tertiary/aromatic N) is 1. The van der Waals surface area contributed by atoms with Gasteiger partial charge in [-0.2, -0.15) is 0 Å². The van der Waals surface area contributed by atoms with Gasteiger partial charge in [0.1, 0.15) is 0 Å². The van der Waals surface area contributed by atoms with Gasteiger partial charge in [0.2, 0.25) is 0 Å². The summed E-state index contributed by atoms with van der Waals surface area (Å²) in [5.41, 5.74) is 1.84. The third-order valence-electron chi connectivity index (χ3n) is 3.65. The number of carboxylic acids is 1. The van der Waals surface area contributed by atoms with Gasteiger partial charge in [0, 0.05) is 17.6 Å². The first kappa shape index (κ1) is 16.3. The maximum absolute atomic E-state index is 11.6. The van der Waals surface area contributed by atoms with Crippen LogP contribution in [0.3, 0.4) is 0 Å². The highest BCUT2D eigenvalue weighted by Crippen LogP contribution is 2.24. The summed E-state index contributed by atoms with van der Waals surface area (Å²) in [6.45, 7) is 2.07. The molecule has 1 saturated heterocycles. The van der Waals surface area contributed by atoms with E-state index in [1.807, 2.05) is 25.1 Å². The second kappa shape index (κ2) is 6.34. The molecule has 7 heteroatoms. The summed E-state index contributed by atoms with van der Waals surface area (Å²) >= 11 is 6.18. The van der Waals surface area contributed by atoms with E-state index in [-0.39, 0.29) is 24.1 Å². The minimum absolute atomic E-state index is 0.0176. The molecule has 1 aliphatic heterocycles. The SMILES string of the molecule is Cc1ccc(CN(CC(=O)O)C2CCS(=O)(=O)C2)c(Cl)c1. The average molecular weight is 332 g/mol. The van der Waals surface area contributed by atoms with Crippen molar-refractivity contribution in [1.82, 2.24) is 4.90 Å². The molecule has 0 amide bonds. The van der Waals surface area contributed by atoms with Crippen molar-refractivity contribution in [2.24, 2.45) is 0 Å². The Morgan fingerprint density at radius 2 is 2.19 bits per heavy atom. The maximum Gasteiger partial charge on any atom is 0.317 e. The van der Waals surface area contributed by atoms with E-state index in [4.69, 9.17) is 16.7 Å². The summed E-state index contributed by atoms with van der Waals surface area (Å²) in [6, 6.07) is 5.33. The zero-order valence-electron chi connectivity index (χ0n) is 11.8. The van der Waals surface area contributed by atoms with Gasteiger partial charge in [-0.3, -0.25) is 9.69 Å². The van der Waals surface area contributed by atoms with E-state index in [9.17, 15) is 13.2 Å². The van der Waals surface area contributed by atoms with Crippen molar-refractivity contribution in [3.05, 3.63) is 34.3 Å². The average Bonchev–Trinajstić information content (AvgIpc) is 2.71. The van der Waals surface area contributed by atoms with Gasteiger partial charge >= 0.3 is 5.97 Å². The Labute approximate surface area is 129 Å². The lowest BCUT2D eigenvalue weighted by atomic mass is 10.1. The Balaban J connectivity index is 2.18. The van der Waals surface area contributed by atoms with Crippen molar-refractivity contribution in [3.8, 4) is 0 Å². The molecule has 0 bridgehead atoms. The molecule has 5 nitrogen and oxygen atoms in total. The standard InChI is InChI=1S/C14H18ClNO4S/c1-10-2-3-11(13(15)6-10)7-16(8-14(17)18)12-4-5-21(19,20)9-12/h2-3,6,12H,4-5,7-9H2,1H3,(H,17,18). The van der Waals surface area contributed by atoms with E-state index in [0.29, 0.717) is 18.0 Å². The molecule has 1 atom stereocenters. The molecule has 1 aromatic rings. The van der Waals surface area contributed by atoms with Crippen LogP contribution in [0.1, 0.15) is 17.5 Å². The van der Waals surface area contributed by atoms with Crippen LogP contribution in [0.15, 0.2) is 18.2 Å². The number of hydrogen-bond acceptors (Lipinski definition) is 4. The van der Waals surface area contributed by atoms with E-state index in [0.717, 1.165) is 11.1 Å². The normalized spacial score (nSPS) is 20.8. The molecular weight excluding hydrogens is 314 g/mol. The lowest BCUT2D eigenvalue weighted by molar-refractivity contribution is -0.139. The lowest BCUT2D eigenvalue weighted by Gasteiger charge is -2.26. The Morgan fingerprint density at radius 3 is 2.71 bits per heavy atom. The Kier molecular flexibility index (Phi) is 4.91. The minimum atomic E-state index is -3.05. The molecule has 0 aromatic heterocycles. The Morgan fingerprint density at radius 1 is 1.48 bits per heavy atom. The highest BCUT2D eigenvalue weighted by atomic mass is 35.5. The van der Waals surface area contributed by atoms with Gasteiger partial charge in [-0.1, -0.05) is 23.7 Å². The molecule has 2 rings (SSSR count). The van der Waals surface area contributed by atoms with Crippen LogP contribution in [0.2, 0.25) is 5.02 Å². The van der Waals surface area contributed by atoms with Crippen LogP contribution >= 0.6 is 11.6 Å². The molecular formula is C14H18ClNO4S. The summed E-state index contributed by atoms with van der Waals surface area (Å²) in [7, 11) is -3.05. The number of benzene rings is 1. The second-order valence-corrected chi connectivity index (χ2v) is 8.09. The third kappa shape index (κ3) is 4.43. The van der Waals surface area contributed by atoms with Crippen LogP contribution in [-0.2, 0) is 21.2 Å². The molecule has 0 aliphatic carbocycles. The van der Waals surface area contributed by atoms with Gasteiger partial charge in [0.05, 0.1) is 18.1 Å². The predicted molar refractivity (Wildman–Crippen MR) is 81.3 cm³/mol. The number of hydrogen-bond donors (Lipinski definition) is 1. The fourth-order valence-electron chi connectivity index (χ4n) is 2.55. The van der Waals surface area contributed by atoms with Crippen molar-refractivity contribution < 1.29 is 18.3 Å². The number of carboxylic acid groups (broad SMARTS) is 1. The molecule has 116 valence electrons. The first-order valence-electron chi connectivity index (χ1n) is 6.68. The largest absolute Gasteiger partial charge is 0.480 e. The fraction of sp³-hybridized carbons (Fsp3) is 0.500. The molecule has 21 heavy (non-hydrogen) atoms. The topological polar surface area (TPSA) is 74.7 Å². The molecule has 0 saturated carbocycles. The van der Waals surface area contributed by atoms with Crippen molar-refractivity contribution in [1.29, 1.82) is 0 Å². The monoisotopic (exact) mass is 331 g/mol. The van der Waals surface area contributed by atoms with Crippen molar-refractivity contribution >= 4 is 27.4 Å². The van der Waals surface area contributed by atoms with Crippen molar-refractivity contribution in [3.63, 3.8) is 0 Å². The van der Waals surface area contributed by atoms with Gasteiger partial charge in [-0.25, -0.2) is 8.42 Å². The number of halogens is 1. The quantitative estimate of drug-likeness (QED) is 0.889. The lowest BCUT2D eigenvalue weighted by Crippen LogP contribution is -2.39. The first-order valence-corrected chi connectivity index (χ1v) is 8.88. The minimum Gasteiger partial charge on any atom is -0.480 e. The van der Waals surface area contributed by atoms with Crippen LogP contribution in [0.4, 0.5) is 0 Å². The van der Waals surface area contributed by atoms with Crippen LogP contribution in [0.25, 0.3) is 0 Å². The van der Waals surface area contributed by atoms with E-state index >= 15 is 0 Å². The highest BCUT2D eigenvalue weighted by molar-refractivity contribution is 7.91. The molecule has 0 radical (unpaired) electrons. The first-order chi connectivity index (χ1) is 9.77. The van der Waals surface area contributed by atoms with E-state index in [1.54, 1.807) is 4.90 Å². The Bertz CT molecular complexity index is 644. The second-order valence-electron chi connectivity index (χ2n) is 5.45. The van der Waals surface area contributed by atoms with Gasteiger partial charge < -0.3 is 5.11 Å². The highest BCUT2D eigenvalue weighted by Gasteiger charge is 2.33. The van der Waals surface area contributed by atoms with Crippen molar-refractivity contribution in [2.45, 2.75) is 25.9 Å². The summed E-state index contributed by atoms with van der Waals surface area (Å²) in [6.07, 6.45) is 0.471. The molecule has 0 spiro atoms. The summed E-state index contributed by atoms with van der Waals surface area (Å²) in [5, 5.41) is 9.62. The summed E-state index contributed by atoms with van der Waals surface area (Å²) in [4.78, 5) is 12.7. The molecule has 1 fully saturated rings. The number of aryl methyl sites for hydroxylation is 1. The third-order valence-corrected chi connectivity index (χ3v) is 5.75. The zero-order chi connectivity index (χ0) is 15.6. The fourth-order valence-corrected chi connectivity index (χ4v) is 4.61. The molecule has 1 aromatic carbocycles. The van der Waals surface area contributed by atoms with Crippen molar-refractivity contribution in [2.75, 3.05) is 18.1 Å². The molecule has 1 aliphatic rings. The van der Waals surface area contributed by atoms with Gasteiger partial charge in [-0.05, 0) is 30.5 Å². The van der Waals surface area contributed by atoms with Gasteiger partial charge in [0.25, 0.3) is 0 Å². The smallest absolute Gasteiger partial charge is 0.317 e. The van der Waals surface area contributed by atoms with E-state index in [1.165, 1.54) is 0 Å². The number of rotatable bonds is 5. The van der Waals surface area contributed by atoms with Crippen LogP contribution in [-0.4, -0.2) is 48.5 Å². The molecule has 1 unspecified atom stereocenters. The van der Waals surface area contributed by atoms with Gasteiger partial charge in [-0.15, -0.1) is 0 Å². The molecule has 1 N–H and O–H groups in total. The van der Waals surface area contributed by atoms with Gasteiger partial charge in [0.15, 0.2) is 9.84 Å². The van der Waals surface area contributed by atoms with E-state index in [2.05, 4.69) is 0 Å². The van der Waals surface area contributed by atoms with Crippen LogP contribution in [0, 0.1) is 6.92 Å². The van der Waals surface area contributed by atoms with E-state index < -0.39 is 15.8 Å². The van der Waals surface area contributed by atoms with Crippen LogP contribution < -0.4 is 0 Å².